The second kappa shape index (κ2) is 19.7. The number of methoxy groups -OCH3 is 1. The Morgan fingerprint density at radius 3 is 2.27 bits per heavy atom. The number of nitrogens with one attached hydrogen (secondary N) is 3. The summed E-state index contributed by atoms with van der Waals surface area (Å²) in [6, 6.07) is 4.02. The van der Waals surface area contributed by atoms with Crippen LogP contribution in [0.5, 0.6) is 23.0 Å². The van der Waals surface area contributed by atoms with Crippen LogP contribution in [-0.2, 0) is 28.6 Å². The highest BCUT2D eigenvalue weighted by Gasteiger charge is 2.49. The third-order valence-corrected chi connectivity index (χ3v) is 11.4. The number of hydrogen-bond acceptors (Lipinski definition) is 15. The van der Waals surface area contributed by atoms with E-state index in [1.165, 1.54) is 77.7 Å². The maximum atomic E-state index is 14.5. The number of phenolic OH excluding ortho intramolecular Hbond substituents is 2. The van der Waals surface area contributed by atoms with Crippen molar-refractivity contribution in [2.45, 2.75) is 85.6 Å². The zero-order valence-corrected chi connectivity index (χ0v) is 36.4. The van der Waals surface area contributed by atoms with Crippen LogP contribution in [0.1, 0.15) is 74.7 Å². The van der Waals surface area contributed by atoms with Crippen molar-refractivity contribution in [2.75, 3.05) is 19.0 Å². The lowest BCUT2D eigenvalue weighted by Gasteiger charge is -2.38. The first-order valence-corrected chi connectivity index (χ1v) is 20.2. The molecule has 6 rings (SSSR count). The number of pyridine rings is 1. The van der Waals surface area contributed by atoms with Gasteiger partial charge in [0, 0.05) is 85.2 Å². The van der Waals surface area contributed by atoms with Crippen LogP contribution in [0.3, 0.4) is 0 Å². The third kappa shape index (κ3) is 10.1. The number of carbonyl (C=O) groups is 5. The van der Waals surface area contributed by atoms with E-state index in [4.69, 9.17) is 23.7 Å². The summed E-state index contributed by atoms with van der Waals surface area (Å²) < 4.78 is 29.5. The van der Waals surface area contributed by atoms with Crippen LogP contribution in [0.2, 0.25) is 0 Å². The molecule has 0 radical (unpaired) electrons. The first-order chi connectivity index (χ1) is 29.7. The fraction of sp³-hybridized carbons (Fsp3) is 0.422. The number of aliphatic hydroxyl groups excluding tert-OH is 2. The molecule has 0 unspecified atom stereocenters. The van der Waals surface area contributed by atoms with Crippen molar-refractivity contribution < 1.29 is 68.1 Å². The predicted molar refractivity (Wildman–Crippen MR) is 227 cm³/mol. The van der Waals surface area contributed by atoms with Gasteiger partial charge in [0.25, 0.3) is 23.5 Å². The normalized spacial score (nSPS) is 28.5. The van der Waals surface area contributed by atoms with Crippen molar-refractivity contribution >= 4 is 45.9 Å². The van der Waals surface area contributed by atoms with E-state index in [1.54, 1.807) is 39.8 Å². The van der Waals surface area contributed by atoms with Gasteiger partial charge in [-0.25, -0.2) is 0 Å². The Balaban J connectivity index is 1.62. The minimum absolute atomic E-state index is 0.0147. The molecule has 0 saturated heterocycles. The number of hydrogen-bond donors (Lipinski definition) is 7. The average molecular weight is 875 g/mol. The SMILES string of the molecule is CO[C@H]1/C=C/O[C@@]2(C)Oc3c(C)c(O)c4c(O)c(cc(OCC(=O)NNC(=O)c5ccncc5)c4c3C2=O)NC(=O)/C(C)=C\C=C\[C@@H](C)[C@@H](O)[C@@H](C)[C@H](O)[C@@H](C)[C@H](OC(C)=O)[C@@H]1C. The lowest BCUT2D eigenvalue weighted by Crippen LogP contribution is -2.46. The van der Waals surface area contributed by atoms with E-state index >= 15 is 0 Å². The van der Waals surface area contributed by atoms with Gasteiger partial charge < -0.3 is 49.4 Å². The number of aromatic nitrogens is 1. The van der Waals surface area contributed by atoms with Crippen LogP contribution in [-0.4, -0.2) is 98.8 Å². The van der Waals surface area contributed by atoms with E-state index < -0.39 is 101 Å². The first-order valence-electron chi connectivity index (χ1n) is 20.2. The minimum atomic E-state index is -2.09. The maximum Gasteiger partial charge on any atom is 0.312 e. The van der Waals surface area contributed by atoms with Crippen LogP contribution in [0.4, 0.5) is 5.69 Å². The van der Waals surface area contributed by atoms with Crippen molar-refractivity contribution in [3.8, 4) is 23.0 Å². The van der Waals surface area contributed by atoms with E-state index in [0.29, 0.717) is 0 Å². The highest BCUT2D eigenvalue weighted by Crippen LogP contribution is 2.54. The Morgan fingerprint density at radius 1 is 0.937 bits per heavy atom. The van der Waals surface area contributed by atoms with Crippen molar-refractivity contribution in [3.63, 3.8) is 0 Å². The second-order valence-electron chi connectivity index (χ2n) is 15.9. The highest BCUT2D eigenvalue weighted by atomic mass is 16.7. The van der Waals surface area contributed by atoms with Crippen molar-refractivity contribution in [2.24, 2.45) is 23.7 Å². The molecule has 63 heavy (non-hydrogen) atoms. The minimum Gasteiger partial charge on any atom is -0.507 e. The van der Waals surface area contributed by atoms with Gasteiger partial charge in [-0.2, -0.15) is 0 Å². The molecule has 338 valence electrons. The van der Waals surface area contributed by atoms with Gasteiger partial charge in [0.15, 0.2) is 12.4 Å². The molecule has 0 spiro atoms. The molecule has 7 N–H and O–H groups in total. The number of aliphatic hydroxyl groups is 2. The summed E-state index contributed by atoms with van der Waals surface area (Å²) in [5.41, 5.74) is 4.38. The Labute approximate surface area is 363 Å². The van der Waals surface area contributed by atoms with E-state index in [2.05, 4.69) is 21.2 Å². The number of Topliss-reactive ketones (excluding diaryl/α,β-unsaturated/α-hetero) is 1. The molecule has 5 bridgehead atoms. The number of rotatable bonds is 6. The van der Waals surface area contributed by atoms with Crippen LogP contribution in [0.15, 0.2) is 66.7 Å². The van der Waals surface area contributed by atoms with Crippen molar-refractivity contribution in [1.82, 2.24) is 15.8 Å². The molecule has 0 saturated carbocycles. The molecular weight excluding hydrogens is 821 g/mol. The number of phenols is 2. The summed E-state index contributed by atoms with van der Waals surface area (Å²) in [7, 11) is 1.41. The number of aromatic hydroxyl groups is 2. The number of ketones is 1. The van der Waals surface area contributed by atoms with E-state index in [0.717, 1.165) is 6.07 Å². The lowest BCUT2D eigenvalue weighted by atomic mass is 9.78. The topological polar surface area (TPSA) is 261 Å². The molecule has 3 aromatic rings. The molecule has 4 heterocycles. The summed E-state index contributed by atoms with van der Waals surface area (Å²) in [4.78, 5) is 69.8. The largest absolute Gasteiger partial charge is 0.507 e. The van der Waals surface area contributed by atoms with Gasteiger partial charge in [0.05, 0.1) is 41.2 Å². The Kier molecular flexibility index (Phi) is 14.9. The van der Waals surface area contributed by atoms with Gasteiger partial charge in [-0.15, -0.1) is 0 Å². The van der Waals surface area contributed by atoms with Crippen molar-refractivity contribution in [1.29, 1.82) is 0 Å². The molecule has 0 aliphatic carbocycles. The van der Waals surface area contributed by atoms with Gasteiger partial charge >= 0.3 is 11.8 Å². The molecule has 3 aliphatic heterocycles. The number of benzene rings is 2. The number of hydrazine groups is 1. The van der Waals surface area contributed by atoms with E-state index in [1.807, 2.05) is 0 Å². The smallest absolute Gasteiger partial charge is 0.312 e. The summed E-state index contributed by atoms with van der Waals surface area (Å²) in [5, 5.41) is 48.2. The molecular formula is C45H54N4O14. The van der Waals surface area contributed by atoms with Gasteiger partial charge in [0.1, 0.15) is 23.4 Å². The molecule has 2 aromatic carbocycles. The number of anilines is 1. The number of ether oxygens (including phenoxy) is 5. The average Bonchev–Trinajstić information content (AvgIpc) is 3.52. The van der Waals surface area contributed by atoms with Crippen LogP contribution in [0.25, 0.3) is 10.8 Å². The fourth-order valence-electron chi connectivity index (χ4n) is 7.63. The maximum absolute atomic E-state index is 14.5. The fourth-order valence-corrected chi connectivity index (χ4v) is 7.63. The quantitative estimate of drug-likeness (QED) is 0.104. The molecule has 18 nitrogen and oxygen atoms in total. The Morgan fingerprint density at radius 2 is 1.62 bits per heavy atom. The van der Waals surface area contributed by atoms with Crippen LogP contribution < -0.4 is 25.6 Å². The molecule has 18 heteroatoms. The number of carbonyl (C=O) groups excluding carboxylic acids is 5. The molecule has 3 amide bonds. The van der Waals surface area contributed by atoms with Gasteiger partial charge in [-0.3, -0.25) is 39.8 Å². The number of fused-ring (bicyclic) bond motifs is 14. The third-order valence-electron chi connectivity index (χ3n) is 11.4. The van der Waals surface area contributed by atoms with Gasteiger partial charge in [0.2, 0.25) is 0 Å². The van der Waals surface area contributed by atoms with E-state index in [-0.39, 0.29) is 50.2 Å². The van der Waals surface area contributed by atoms with E-state index in [9.17, 15) is 44.4 Å². The number of allylic oxidation sites excluding steroid dienone is 2. The zero-order valence-electron chi connectivity index (χ0n) is 36.4. The highest BCUT2D eigenvalue weighted by molar-refractivity contribution is 6.21. The summed E-state index contributed by atoms with van der Waals surface area (Å²) in [6.07, 6.45) is 6.08. The Bertz CT molecular complexity index is 2350. The number of amides is 3. The standard InChI is InChI=1S/C45H54N4O14/c1-21-11-10-12-22(2)43(57)47-29-19-31(60-20-32(51)48-49-44(58)28-13-16-46-17-14-28)33-34(39(29)55)38(54)26(6)41-35(33)42(56)45(8,63-41)61-18-15-30(59-9)23(3)40(62-27(7)50)25(5)37(53)24(4)36(21)52/h10-19,21,23-25,30,36-37,40,52-55H,20H2,1-9H3,(H,47,57)(H,48,51)(H,49,58)/b11-10+,18-15+,22-12-/t21-,23-,24-,25-,30+,36-,37+,40-,45+/m1/s1. The number of esters is 1. The summed E-state index contributed by atoms with van der Waals surface area (Å²) in [5.74, 6) is -9.87. The van der Waals surface area contributed by atoms with Gasteiger partial charge in [-0.05, 0) is 32.1 Å². The lowest BCUT2D eigenvalue weighted by molar-refractivity contribution is -0.160. The second-order valence-corrected chi connectivity index (χ2v) is 15.9. The van der Waals surface area contributed by atoms with Crippen molar-refractivity contribution in [3.05, 3.63) is 83.4 Å². The Hall–Kier alpha value is -6.50. The molecule has 3 aliphatic rings. The predicted octanol–water partition coefficient (Wildman–Crippen LogP) is 4.28. The van der Waals surface area contributed by atoms with Gasteiger partial charge in [-0.1, -0.05) is 45.9 Å². The number of nitrogens with zero attached hydrogens (tertiary/aromatic N) is 1. The monoisotopic (exact) mass is 874 g/mol. The molecule has 0 fully saturated rings. The zero-order chi connectivity index (χ0) is 46.5. The van der Waals surface area contributed by atoms with Crippen LogP contribution in [0, 0.1) is 30.6 Å². The summed E-state index contributed by atoms with van der Waals surface area (Å²) >= 11 is 0. The molecule has 1 aromatic heterocycles. The first kappa shape index (κ1) is 47.5. The molecule has 9 atom stereocenters. The summed E-state index contributed by atoms with van der Waals surface area (Å²) in [6.45, 7) is 11.5. The van der Waals surface area contributed by atoms with Crippen LogP contribution >= 0.6 is 0 Å².